The Morgan fingerprint density at radius 3 is 2.50 bits per heavy atom. The number of aryl methyl sites for hydroxylation is 1. The standard InChI is InChI=1S/C13H20OS2/c1-10-6-5-7-12(11(10)8-9-14)15-16-13(2,3)4/h5-7,14H,8-9H2,1-4H3. The minimum absolute atomic E-state index is 0.221. The van der Waals surface area contributed by atoms with Gasteiger partial charge in [-0.05, 0) is 30.5 Å². The zero-order valence-electron chi connectivity index (χ0n) is 10.4. The van der Waals surface area contributed by atoms with Gasteiger partial charge in [-0.2, -0.15) is 0 Å². The molecule has 3 heteroatoms. The molecule has 1 nitrogen and oxygen atoms in total. The van der Waals surface area contributed by atoms with Gasteiger partial charge in [-0.15, -0.1) is 0 Å². The molecule has 0 amide bonds. The molecule has 0 saturated heterocycles. The van der Waals surface area contributed by atoms with Gasteiger partial charge >= 0.3 is 0 Å². The van der Waals surface area contributed by atoms with Crippen LogP contribution in [0.3, 0.4) is 0 Å². The molecule has 0 unspecified atom stereocenters. The van der Waals surface area contributed by atoms with Crippen LogP contribution in [0.1, 0.15) is 31.9 Å². The Morgan fingerprint density at radius 2 is 1.94 bits per heavy atom. The van der Waals surface area contributed by atoms with Crippen LogP contribution in [0.5, 0.6) is 0 Å². The minimum Gasteiger partial charge on any atom is -0.396 e. The van der Waals surface area contributed by atoms with Crippen molar-refractivity contribution in [1.29, 1.82) is 0 Å². The molecule has 0 bridgehead atoms. The summed E-state index contributed by atoms with van der Waals surface area (Å²) in [5, 5.41) is 9.08. The SMILES string of the molecule is Cc1cccc(SSC(C)(C)C)c1CCO. The molecular weight excluding hydrogens is 236 g/mol. The fourth-order valence-electron chi connectivity index (χ4n) is 1.36. The largest absolute Gasteiger partial charge is 0.396 e. The summed E-state index contributed by atoms with van der Waals surface area (Å²) in [6.07, 6.45) is 0.750. The minimum atomic E-state index is 0.221. The van der Waals surface area contributed by atoms with Crippen molar-refractivity contribution in [3.8, 4) is 0 Å². The van der Waals surface area contributed by atoms with Gasteiger partial charge in [-0.1, -0.05) is 54.5 Å². The van der Waals surface area contributed by atoms with Crippen LogP contribution in [-0.4, -0.2) is 16.5 Å². The fraction of sp³-hybridized carbons (Fsp3) is 0.538. The van der Waals surface area contributed by atoms with Crippen molar-refractivity contribution < 1.29 is 5.11 Å². The van der Waals surface area contributed by atoms with Gasteiger partial charge in [-0.3, -0.25) is 0 Å². The van der Waals surface area contributed by atoms with Crippen molar-refractivity contribution in [3.05, 3.63) is 29.3 Å². The Balaban J connectivity index is 2.82. The molecule has 1 aromatic rings. The Kier molecular flexibility index (Phi) is 5.22. The van der Waals surface area contributed by atoms with E-state index in [0.29, 0.717) is 0 Å². The molecule has 16 heavy (non-hydrogen) atoms. The van der Waals surface area contributed by atoms with Gasteiger partial charge in [0.05, 0.1) is 0 Å². The number of aliphatic hydroxyl groups excluding tert-OH is 1. The summed E-state index contributed by atoms with van der Waals surface area (Å²) < 4.78 is 0.255. The molecular formula is C13H20OS2. The topological polar surface area (TPSA) is 20.2 Å². The second-order valence-corrected chi connectivity index (χ2v) is 7.80. The lowest BCUT2D eigenvalue weighted by molar-refractivity contribution is 0.298. The van der Waals surface area contributed by atoms with Crippen LogP contribution >= 0.6 is 21.6 Å². The second-order valence-electron chi connectivity index (χ2n) is 4.80. The highest BCUT2D eigenvalue weighted by Gasteiger charge is 2.13. The third-order valence-electron chi connectivity index (χ3n) is 2.11. The van der Waals surface area contributed by atoms with E-state index >= 15 is 0 Å². The van der Waals surface area contributed by atoms with Gasteiger partial charge in [0.2, 0.25) is 0 Å². The molecule has 1 N–H and O–H groups in total. The van der Waals surface area contributed by atoms with Crippen molar-refractivity contribution in [2.45, 2.75) is 43.8 Å². The van der Waals surface area contributed by atoms with Crippen molar-refractivity contribution in [1.82, 2.24) is 0 Å². The van der Waals surface area contributed by atoms with E-state index in [1.165, 1.54) is 16.0 Å². The maximum atomic E-state index is 9.08. The van der Waals surface area contributed by atoms with Crippen molar-refractivity contribution in [2.24, 2.45) is 0 Å². The van der Waals surface area contributed by atoms with Crippen LogP contribution < -0.4 is 0 Å². The van der Waals surface area contributed by atoms with Crippen LogP contribution in [-0.2, 0) is 6.42 Å². The van der Waals surface area contributed by atoms with Gasteiger partial charge in [0.25, 0.3) is 0 Å². The molecule has 90 valence electrons. The monoisotopic (exact) mass is 256 g/mol. The first-order valence-corrected chi connectivity index (χ1v) is 7.64. The Bertz CT molecular complexity index is 342. The van der Waals surface area contributed by atoms with E-state index in [2.05, 4.69) is 45.9 Å². The molecule has 0 aliphatic heterocycles. The molecule has 0 aliphatic carbocycles. The van der Waals surface area contributed by atoms with E-state index in [4.69, 9.17) is 5.11 Å². The van der Waals surface area contributed by atoms with Crippen LogP contribution in [0.15, 0.2) is 23.1 Å². The third-order valence-corrected chi connectivity index (χ3v) is 5.54. The maximum absolute atomic E-state index is 9.08. The summed E-state index contributed by atoms with van der Waals surface area (Å²) >= 11 is 0. The average Bonchev–Trinajstić information content (AvgIpc) is 2.18. The molecule has 0 radical (unpaired) electrons. The molecule has 0 heterocycles. The van der Waals surface area contributed by atoms with E-state index in [0.717, 1.165) is 6.42 Å². The van der Waals surface area contributed by atoms with E-state index < -0.39 is 0 Å². The maximum Gasteiger partial charge on any atom is 0.0471 e. The van der Waals surface area contributed by atoms with E-state index in [1.54, 1.807) is 0 Å². The molecule has 0 atom stereocenters. The average molecular weight is 256 g/mol. The van der Waals surface area contributed by atoms with Gasteiger partial charge in [0.15, 0.2) is 0 Å². The number of rotatable bonds is 4. The number of hydrogen-bond donors (Lipinski definition) is 1. The summed E-state index contributed by atoms with van der Waals surface area (Å²) in [7, 11) is 3.68. The first-order valence-electron chi connectivity index (χ1n) is 5.49. The Labute approximate surface area is 106 Å². The molecule has 0 aromatic heterocycles. The third kappa shape index (κ3) is 4.40. The van der Waals surface area contributed by atoms with Crippen LogP contribution in [0.25, 0.3) is 0 Å². The lowest BCUT2D eigenvalue weighted by Crippen LogP contribution is -2.05. The highest BCUT2D eigenvalue weighted by Crippen LogP contribution is 2.42. The number of benzene rings is 1. The first kappa shape index (κ1) is 13.9. The summed E-state index contributed by atoms with van der Waals surface area (Å²) in [5.74, 6) is 0. The summed E-state index contributed by atoms with van der Waals surface area (Å²) in [6, 6.07) is 6.33. The predicted octanol–water partition coefficient (Wildman–Crippen LogP) is 4.07. The van der Waals surface area contributed by atoms with E-state index in [-0.39, 0.29) is 11.4 Å². The normalized spacial score (nSPS) is 11.8. The van der Waals surface area contributed by atoms with Gasteiger partial charge < -0.3 is 5.11 Å². The molecule has 0 aliphatic rings. The number of hydrogen-bond acceptors (Lipinski definition) is 3. The molecule has 0 spiro atoms. The van der Waals surface area contributed by atoms with Crippen molar-refractivity contribution >= 4 is 21.6 Å². The van der Waals surface area contributed by atoms with Crippen LogP contribution in [0.2, 0.25) is 0 Å². The predicted molar refractivity (Wildman–Crippen MR) is 75.2 cm³/mol. The highest BCUT2D eigenvalue weighted by molar-refractivity contribution is 8.77. The zero-order valence-corrected chi connectivity index (χ0v) is 12.0. The fourth-order valence-corrected chi connectivity index (χ4v) is 3.68. The molecule has 1 aromatic carbocycles. The lowest BCUT2D eigenvalue weighted by Gasteiger charge is -2.18. The van der Waals surface area contributed by atoms with E-state index in [9.17, 15) is 0 Å². The van der Waals surface area contributed by atoms with Crippen molar-refractivity contribution in [3.63, 3.8) is 0 Å². The van der Waals surface area contributed by atoms with Crippen LogP contribution in [0, 0.1) is 6.92 Å². The van der Waals surface area contributed by atoms with Gasteiger partial charge in [-0.25, -0.2) is 0 Å². The summed E-state index contributed by atoms with van der Waals surface area (Å²) in [6.45, 7) is 8.97. The Hall–Kier alpha value is -0.120. The quantitative estimate of drug-likeness (QED) is 0.820. The van der Waals surface area contributed by atoms with Gasteiger partial charge in [0.1, 0.15) is 0 Å². The zero-order chi connectivity index (χ0) is 12.2. The lowest BCUT2D eigenvalue weighted by atomic mass is 10.1. The second kappa shape index (κ2) is 5.99. The van der Waals surface area contributed by atoms with Crippen LogP contribution in [0.4, 0.5) is 0 Å². The van der Waals surface area contributed by atoms with Gasteiger partial charge in [0, 0.05) is 16.2 Å². The Morgan fingerprint density at radius 1 is 1.25 bits per heavy atom. The molecule has 0 saturated carbocycles. The number of aliphatic hydroxyl groups is 1. The molecule has 1 rings (SSSR count). The highest BCUT2D eigenvalue weighted by atomic mass is 33.1. The summed E-state index contributed by atoms with van der Waals surface area (Å²) in [4.78, 5) is 1.29. The molecule has 0 fully saturated rings. The summed E-state index contributed by atoms with van der Waals surface area (Å²) in [5.41, 5.74) is 2.56. The van der Waals surface area contributed by atoms with Crippen molar-refractivity contribution in [2.75, 3.05) is 6.61 Å². The van der Waals surface area contributed by atoms with E-state index in [1.807, 2.05) is 21.6 Å². The first-order chi connectivity index (χ1) is 7.44. The smallest absolute Gasteiger partial charge is 0.0471 e.